The van der Waals surface area contributed by atoms with Crippen LogP contribution in [0, 0.1) is 6.92 Å². The number of aromatic nitrogens is 2. The van der Waals surface area contributed by atoms with E-state index in [1.54, 1.807) is 49.4 Å². The van der Waals surface area contributed by atoms with E-state index in [4.69, 9.17) is 21.1 Å². The first-order chi connectivity index (χ1) is 15.3. The number of benzene rings is 2. The Balaban J connectivity index is 1.95. The molecule has 1 N–H and O–H groups in total. The zero-order valence-electron chi connectivity index (χ0n) is 17.3. The minimum atomic E-state index is -0.946. The Morgan fingerprint density at radius 2 is 1.75 bits per heavy atom. The number of nitrogens with zero attached hydrogens (tertiary/aromatic N) is 3. The van der Waals surface area contributed by atoms with E-state index in [1.165, 1.54) is 30.5 Å². The Labute approximate surface area is 192 Å². The third kappa shape index (κ3) is 3.69. The van der Waals surface area contributed by atoms with Gasteiger partial charge in [0.2, 0.25) is 5.13 Å². The normalized spacial score (nSPS) is 17.6. The zero-order chi connectivity index (χ0) is 23.0. The summed E-state index contributed by atoms with van der Waals surface area (Å²) in [6.45, 7) is 1.75. The van der Waals surface area contributed by atoms with Gasteiger partial charge in [0.25, 0.3) is 5.78 Å². The van der Waals surface area contributed by atoms with Crippen molar-refractivity contribution in [3.8, 4) is 11.5 Å². The summed E-state index contributed by atoms with van der Waals surface area (Å²) in [7, 11) is 2.99. The molecule has 2 heterocycles. The number of aryl methyl sites for hydroxylation is 1. The van der Waals surface area contributed by atoms with Crippen LogP contribution in [-0.4, -0.2) is 41.2 Å². The average molecular weight is 472 g/mol. The molecule has 1 saturated heterocycles. The molecule has 1 atom stereocenters. The highest BCUT2D eigenvalue weighted by molar-refractivity contribution is 7.15. The largest absolute Gasteiger partial charge is 0.507 e. The fraction of sp³-hybridized carbons (Fsp3) is 0.182. The van der Waals surface area contributed by atoms with Gasteiger partial charge in [-0.15, -0.1) is 10.2 Å². The van der Waals surface area contributed by atoms with Gasteiger partial charge >= 0.3 is 5.91 Å². The highest BCUT2D eigenvalue weighted by atomic mass is 35.5. The lowest BCUT2D eigenvalue weighted by atomic mass is 9.95. The highest BCUT2D eigenvalue weighted by Gasteiger charge is 2.48. The smallest absolute Gasteiger partial charge is 0.301 e. The van der Waals surface area contributed by atoms with Crippen LogP contribution in [0.2, 0.25) is 5.02 Å². The molecular formula is C22H18ClN3O5S. The van der Waals surface area contributed by atoms with Crippen molar-refractivity contribution < 1.29 is 24.2 Å². The number of ether oxygens (including phenoxy) is 2. The molecule has 1 aliphatic rings. The number of anilines is 1. The second kappa shape index (κ2) is 8.60. The van der Waals surface area contributed by atoms with Crippen molar-refractivity contribution in [3.63, 3.8) is 0 Å². The highest BCUT2D eigenvalue weighted by Crippen LogP contribution is 2.44. The summed E-state index contributed by atoms with van der Waals surface area (Å²) in [6, 6.07) is 10.4. The number of methoxy groups -OCH3 is 2. The van der Waals surface area contributed by atoms with E-state index < -0.39 is 17.7 Å². The number of hydrogen-bond acceptors (Lipinski definition) is 8. The van der Waals surface area contributed by atoms with Gasteiger partial charge < -0.3 is 14.6 Å². The minimum absolute atomic E-state index is 0.0719. The van der Waals surface area contributed by atoms with Gasteiger partial charge in [0.15, 0.2) is 11.5 Å². The van der Waals surface area contributed by atoms with Crippen molar-refractivity contribution in [2.24, 2.45) is 0 Å². The molecule has 3 aromatic rings. The molecule has 1 fully saturated rings. The molecule has 2 aromatic carbocycles. The molecular weight excluding hydrogens is 454 g/mol. The molecule has 1 unspecified atom stereocenters. The maximum atomic E-state index is 13.1. The van der Waals surface area contributed by atoms with Crippen LogP contribution in [0.3, 0.4) is 0 Å². The van der Waals surface area contributed by atoms with Crippen LogP contribution in [-0.2, 0) is 9.59 Å². The first-order valence-corrected chi connectivity index (χ1v) is 10.6. The van der Waals surface area contributed by atoms with Crippen LogP contribution in [0.15, 0.2) is 48.0 Å². The molecule has 1 aromatic heterocycles. The van der Waals surface area contributed by atoms with Crippen LogP contribution in [0.4, 0.5) is 5.13 Å². The number of carbonyl (C=O) groups is 2. The molecule has 164 valence electrons. The number of Topliss-reactive ketones (excluding diaryl/α,β-unsaturated/α-hetero) is 1. The molecule has 0 saturated carbocycles. The van der Waals surface area contributed by atoms with Gasteiger partial charge in [-0.3, -0.25) is 14.5 Å². The standard InChI is InChI=1S/C22H18ClN3O5S/c1-11-24-25-22(32-11)26-18(13-6-9-15(30-2)16(10-13)31-3)17(20(28)21(26)29)19(27)12-4-7-14(23)8-5-12/h4-10,18,27H,1-3H3. The van der Waals surface area contributed by atoms with Crippen molar-refractivity contribution in [3.05, 3.63) is 69.2 Å². The van der Waals surface area contributed by atoms with Crippen LogP contribution >= 0.6 is 22.9 Å². The zero-order valence-corrected chi connectivity index (χ0v) is 18.9. The lowest BCUT2D eigenvalue weighted by molar-refractivity contribution is -0.132. The SMILES string of the molecule is COc1ccc(C2C(=C(O)c3ccc(Cl)cc3)C(=O)C(=O)N2c2nnc(C)s2)cc1OC. The molecule has 1 amide bonds. The molecule has 0 bridgehead atoms. The number of rotatable bonds is 5. The van der Waals surface area contributed by atoms with E-state index in [1.807, 2.05) is 0 Å². The average Bonchev–Trinajstić information content (AvgIpc) is 3.34. The van der Waals surface area contributed by atoms with Crippen LogP contribution < -0.4 is 14.4 Å². The lowest BCUT2D eigenvalue weighted by Crippen LogP contribution is -2.29. The fourth-order valence-electron chi connectivity index (χ4n) is 3.51. The van der Waals surface area contributed by atoms with Crippen LogP contribution in [0.5, 0.6) is 11.5 Å². The van der Waals surface area contributed by atoms with Gasteiger partial charge in [0.05, 0.1) is 25.8 Å². The van der Waals surface area contributed by atoms with Crippen molar-refractivity contribution in [2.75, 3.05) is 19.1 Å². The van der Waals surface area contributed by atoms with Gasteiger partial charge in [-0.25, -0.2) is 0 Å². The molecule has 1 aliphatic heterocycles. The van der Waals surface area contributed by atoms with Gasteiger partial charge in [-0.2, -0.15) is 0 Å². The van der Waals surface area contributed by atoms with E-state index in [-0.39, 0.29) is 16.5 Å². The number of hydrogen-bond donors (Lipinski definition) is 1. The Kier molecular flexibility index (Phi) is 5.86. The van der Waals surface area contributed by atoms with Crippen molar-refractivity contribution in [1.29, 1.82) is 0 Å². The molecule has 0 aliphatic carbocycles. The maximum absolute atomic E-state index is 13.1. The Bertz CT molecular complexity index is 1240. The molecule has 8 nitrogen and oxygen atoms in total. The van der Waals surface area contributed by atoms with E-state index in [9.17, 15) is 14.7 Å². The summed E-state index contributed by atoms with van der Waals surface area (Å²) in [5, 5.41) is 20.5. The van der Waals surface area contributed by atoms with Gasteiger partial charge in [0, 0.05) is 10.6 Å². The van der Waals surface area contributed by atoms with Crippen LogP contribution in [0.25, 0.3) is 5.76 Å². The number of aliphatic hydroxyl groups is 1. The number of halogens is 1. The lowest BCUT2D eigenvalue weighted by Gasteiger charge is -2.23. The summed E-state index contributed by atoms with van der Waals surface area (Å²) in [5.74, 6) is -1.06. The Morgan fingerprint density at radius 3 is 2.34 bits per heavy atom. The third-order valence-corrected chi connectivity index (χ3v) is 6.10. The summed E-state index contributed by atoms with van der Waals surface area (Å²) in [5.41, 5.74) is 0.814. The van der Waals surface area contributed by atoms with Gasteiger partial charge in [-0.05, 0) is 48.9 Å². The van der Waals surface area contributed by atoms with Crippen LogP contribution in [0.1, 0.15) is 22.2 Å². The summed E-state index contributed by atoms with van der Waals surface area (Å²) < 4.78 is 10.7. The molecule has 4 rings (SSSR count). The summed E-state index contributed by atoms with van der Waals surface area (Å²) >= 11 is 7.12. The predicted octanol–water partition coefficient (Wildman–Crippen LogP) is 4.14. The molecule has 32 heavy (non-hydrogen) atoms. The summed E-state index contributed by atoms with van der Waals surface area (Å²) in [6.07, 6.45) is 0. The minimum Gasteiger partial charge on any atom is -0.507 e. The van der Waals surface area contributed by atoms with E-state index >= 15 is 0 Å². The molecule has 0 spiro atoms. The number of ketones is 1. The Hall–Kier alpha value is -3.43. The first kappa shape index (κ1) is 21.8. The third-order valence-electron chi connectivity index (χ3n) is 5.01. The monoisotopic (exact) mass is 471 g/mol. The predicted molar refractivity (Wildman–Crippen MR) is 120 cm³/mol. The van der Waals surface area contributed by atoms with E-state index in [2.05, 4.69) is 10.2 Å². The first-order valence-electron chi connectivity index (χ1n) is 9.44. The second-order valence-electron chi connectivity index (χ2n) is 6.89. The van der Waals surface area contributed by atoms with E-state index in [0.29, 0.717) is 32.7 Å². The molecule has 0 radical (unpaired) electrons. The molecule has 10 heteroatoms. The van der Waals surface area contributed by atoms with Crippen molar-refractivity contribution >= 4 is 45.5 Å². The summed E-state index contributed by atoms with van der Waals surface area (Å²) in [4.78, 5) is 27.4. The van der Waals surface area contributed by atoms with Gasteiger partial charge in [-0.1, -0.05) is 29.0 Å². The Morgan fingerprint density at radius 1 is 1.06 bits per heavy atom. The number of carbonyl (C=O) groups excluding carboxylic acids is 2. The fourth-order valence-corrected chi connectivity index (χ4v) is 4.36. The second-order valence-corrected chi connectivity index (χ2v) is 8.49. The number of aliphatic hydroxyl groups excluding tert-OH is 1. The van der Waals surface area contributed by atoms with E-state index in [0.717, 1.165) is 0 Å². The number of amides is 1. The van der Waals surface area contributed by atoms with Gasteiger partial charge in [0.1, 0.15) is 10.8 Å². The van der Waals surface area contributed by atoms with Crippen molar-refractivity contribution in [2.45, 2.75) is 13.0 Å². The maximum Gasteiger partial charge on any atom is 0.301 e. The quantitative estimate of drug-likeness (QED) is 0.339. The topological polar surface area (TPSA) is 102 Å². The van der Waals surface area contributed by atoms with Crippen molar-refractivity contribution in [1.82, 2.24) is 10.2 Å².